The van der Waals surface area contributed by atoms with Crippen molar-refractivity contribution in [2.75, 3.05) is 0 Å². The van der Waals surface area contributed by atoms with E-state index in [-0.39, 0.29) is 0 Å². The van der Waals surface area contributed by atoms with E-state index in [1.165, 1.54) is 16.3 Å². The average molecular weight is 615 g/mol. The summed E-state index contributed by atoms with van der Waals surface area (Å²) in [4.78, 5) is 15.3. The molecule has 224 valence electrons. The SMILES string of the molecule is c1ccc(-c2nc(-c3cccc4c3oc3ccc(-c5cccc6ccccc56)cc34)nc(-n3c4ccccc4c4ccccc43)n2)cc1. The summed E-state index contributed by atoms with van der Waals surface area (Å²) in [5.74, 6) is 1.71. The number of benzene rings is 7. The molecule has 48 heavy (non-hydrogen) atoms. The molecule has 3 heterocycles. The molecule has 0 unspecified atom stereocenters. The lowest BCUT2D eigenvalue weighted by Crippen LogP contribution is -2.06. The topological polar surface area (TPSA) is 56.7 Å². The first-order valence-electron chi connectivity index (χ1n) is 16.0. The van der Waals surface area contributed by atoms with Crippen molar-refractivity contribution in [3.05, 3.63) is 158 Å². The summed E-state index contributed by atoms with van der Waals surface area (Å²) in [7, 11) is 0. The van der Waals surface area contributed by atoms with Crippen LogP contribution >= 0.6 is 0 Å². The lowest BCUT2D eigenvalue weighted by atomic mass is 9.97. The second kappa shape index (κ2) is 10.5. The molecule has 0 spiro atoms. The molecule has 5 heteroatoms. The second-order valence-corrected chi connectivity index (χ2v) is 12.0. The Morgan fingerprint density at radius 2 is 1.04 bits per heavy atom. The van der Waals surface area contributed by atoms with Crippen molar-refractivity contribution in [3.8, 4) is 39.9 Å². The Bertz CT molecular complexity index is 2790. The number of furan rings is 1. The van der Waals surface area contributed by atoms with E-state index in [1.807, 2.05) is 36.4 Å². The van der Waals surface area contributed by atoms with E-state index in [4.69, 9.17) is 19.4 Å². The van der Waals surface area contributed by atoms with Crippen LogP contribution in [0.5, 0.6) is 0 Å². The van der Waals surface area contributed by atoms with Crippen LogP contribution in [0.4, 0.5) is 0 Å². The maximum absolute atomic E-state index is 6.63. The molecule has 0 atom stereocenters. The standard InChI is InChI=1S/C43H26N4O/c1-2-13-28(14-3-1)41-44-42(46-43(45-41)47-37-22-8-6-17-32(37)33-18-7-9-23-38(33)47)35-21-11-20-34-36-26-29(24-25-39(36)48-40(34)35)31-19-10-15-27-12-4-5-16-30(27)31/h1-26H. The van der Waals surface area contributed by atoms with Crippen LogP contribution in [0.2, 0.25) is 0 Å². The average Bonchev–Trinajstić information content (AvgIpc) is 3.70. The molecule has 0 amide bonds. The first kappa shape index (κ1) is 26.6. The fourth-order valence-corrected chi connectivity index (χ4v) is 7.06. The molecule has 7 aromatic carbocycles. The van der Waals surface area contributed by atoms with Crippen LogP contribution in [0.15, 0.2) is 162 Å². The van der Waals surface area contributed by atoms with Crippen LogP contribution in [0.1, 0.15) is 0 Å². The first-order valence-corrected chi connectivity index (χ1v) is 16.0. The van der Waals surface area contributed by atoms with E-state index in [9.17, 15) is 0 Å². The minimum absolute atomic E-state index is 0.555. The lowest BCUT2D eigenvalue weighted by Gasteiger charge is -2.11. The summed E-state index contributed by atoms with van der Waals surface area (Å²) in [5.41, 5.74) is 7.73. The van der Waals surface area contributed by atoms with Crippen LogP contribution < -0.4 is 0 Å². The van der Waals surface area contributed by atoms with Gasteiger partial charge in [0.1, 0.15) is 11.2 Å². The minimum Gasteiger partial charge on any atom is -0.455 e. The van der Waals surface area contributed by atoms with E-state index < -0.39 is 0 Å². The van der Waals surface area contributed by atoms with Gasteiger partial charge in [-0.1, -0.05) is 127 Å². The normalized spacial score (nSPS) is 11.8. The molecule has 0 aliphatic carbocycles. The Labute approximate surface area is 275 Å². The van der Waals surface area contributed by atoms with Crippen LogP contribution in [0.3, 0.4) is 0 Å². The fraction of sp³-hybridized carbons (Fsp3) is 0. The predicted octanol–water partition coefficient (Wildman–Crippen LogP) is 11.0. The quantitative estimate of drug-likeness (QED) is 0.198. The monoisotopic (exact) mass is 614 g/mol. The number of hydrogen-bond acceptors (Lipinski definition) is 4. The van der Waals surface area contributed by atoms with Crippen LogP contribution in [-0.2, 0) is 0 Å². The summed E-state index contributed by atoms with van der Waals surface area (Å²) in [5, 5.41) is 6.82. The van der Waals surface area contributed by atoms with Gasteiger partial charge in [0.05, 0.1) is 16.6 Å². The van der Waals surface area contributed by atoms with Gasteiger partial charge in [-0.3, -0.25) is 4.57 Å². The summed E-state index contributed by atoms with van der Waals surface area (Å²) in [6.07, 6.45) is 0. The Morgan fingerprint density at radius 1 is 0.417 bits per heavy atom. The van der Waals surface area contributed by atoms with E-state index in [0.29, 0.717) is 17.6 Å². The Balaban J connectivity index is 1.21. The van der Waals surface area contributed by atoms with Gasteiger partial charge in [0, 0.05) is 27.1 Å². The van der Waals surface area contributed by atoms with Gasteiger partial charge in [0.2, 0.25) is 5.95 Å². The first-order chi connectivity index (χ1) is 23.8. The molecule has 0 aliphatic heterocycles. The second-order valence-electron chi connectivity index (χ2n) is 12.0. The maximum atomic E-state index is 6.63. The predicted molar refractivity (Wildman–Crippen MR) is 195 cm³/mol. The number of aromatic nitrogens is 4. The molecule has 5 nitrogen and oxygen atoms in total. The van der Waals surface area contributed by atoms with E-state index in [2.05, 4.69) is 126 Å². The van der Waals surface area contributed by atoms with Crippen molar-refractivity contribution < 1.29 is 4.42 Å². The third-order valence-electron chi connectivity index (χ3n) is 9.27. The van der Waals surface area contributed by atoms with E-state index in [1.54, 1.807) is 0 Å². The van der Waals surface area contributed by atoms with Crippen molar-refractivity contribution in [1.82, 2.24) is 19.5 Å². The molecular weight excluding hydrogens is 589 g/mol. The largest absolute Gasteiger partial charge is 0.455 e. The van der Waals surface area contributed by atoms with E-state index in [0.717, 1.165) is 60.4 Å². The number of fused-ring (bicyclic) bond motifs is 7. The van der Waals surface area contributed by atoms with Gasteiger partial charge >= 0.3 is 0 Å². The molecular formula is C43H26N4O. The molecule has 0 bridgehead atoms. The Hall–Kier alpha value is -6.59. The van der Waals surface area contributed by atoms with Crippen LogP contribution in [0.25, 0.3) is 94.4 Å². The molecule has 0 saturated carbocycles. The minimum atomic E-state index is 0.555. The highest BCUT2D eigenvalue weighted by Gasteiger charge is 2.20. The van der Waals surface area contributed by atoms with Gasteiger partial charge in [-0.05, 0) is 52.2 Å². The van der Waals surface area contributed by atoms with Gasteiger partial charge in [-0.15, -0.1) is 0 Å². The Kier molecular flexibility index (Phi) is 5.81. The number of nitrogens with zero attached hydrogens (tertiary/aromatic N) is 4. The van der Waals surface area contributed by atoms with Crippen molar-refractivity contribution >= 4 is 54.5 Å². The van der Waals surface area contributed by atoms with Gasteiger partial charge in [0.15, 0.2) is 11.6 Å². The zero-order valence-electron chi connectivity index (χ0n) is 25.7. The zero-order valence-corrected chi connectivity index (χ0v) is 25.7. The van der Waals surface area contributed by atoms with Crippen molar-refractivity contribution in [2.45, 2.75) is 0 Å². The van der Waals surface area contributed by atoms with Crippen molar-refractivity contribution in [1.29, 1.82) is 0 Å². The van der Waals surface area contributed by atoms with E-state index >= 15 is 0 Å². The third kappa shape index (κ3) is 4.08. The zero-order chi connectivity index (χ0) is 31.6. The van der Waals surface area contributed by atoms with Gasteiger partial charge in [-0.25, -0.2) is 4.98 Å². The molecule has 3 aromatic heterocycles. The lowest BCUT2D eigenvalue weighted by molar-refractivity contribution is 0.669. The molecule has 10 aromatic rings. The molecule has 10 rings (SSSR count). The highest BCUT2D eigenvalue weighted by molar-refractivity contribution is 6.11. The summed E-state index contributed by atoms with van der Waals surface area (Å²) in [6, 6.07) is 54.5. The van der Waals surface area contributed by atoms with Crippen molar-refractivity contribution in [3.63, 3.8) is 0 Å². The molecule has 0 saturated heterocycles. The van der Waals surface area contributed by atoms with Crippen molar-refractivity contribution in [2.24, 2.45) is 0 Å². The fourth-order valence-electron chi connectivity index (χ4n) is 7.06. The van der Waals surface area contributed by atoms with Gasteiger partial charge < -0.3 is 4.42 Å². The maximum Gasteiger partial charge on any atom is 0.238 e. The molecule has 0 radical (unpaired) electrons. The van der Waals surface area contributed by atoms with Crippen LogP contribution in [-0.4, -0.2) is 19.5 Å². The molecule has 0 N–H and O–H groups in total. The van der Waals surface area contributed by atoms with Gasteiger partial charge in [0.25, 0.3) is 0 Å². The summed E-state index contributed by atoms with van der Waals surface area (Å²) < 4.78 is 8.76. The summed E-state index contributed by atoms with van der Waals surface area (Å²) >= 11 is 0. The number of para-hydroxylation sites is 3. The Morgan fingerprint density at radius 3 is 1.85 bits per heavy atom. The highest BCUT2D eigenvalue weighted by Crippen LogP contribution is 2.39. The third-order valence-corrected chi connectivity index (χ3v) is 9.27. The smallest absolute Gasteiger partial charge is 0.238 e. The summed E-state index contributed by atoms with van der Waals surface area (Å²) in [6.45, 7) is 0. The number of rotatable bonds is 4. The number of hydrogen-bond donors (Lipinski definition) is 0. The highest BCUT2D eigenvalue weighted by atomic mass is 16.3. The van der Waals surface area contributed by atoms with Gasteiger partial charge in [-0.2, -0.15) is 9.97 Å². The van der Waals surface area contributed by atoms with Crippen LogP contribution in [0, 0.1) is 0 Å². The molecule has 0 aliphatic rings. The molecule has 0 fully saturated rings.